The molecule has 1 N–H and O–H groups in total. The highest BCUT2D eigenvalue weighted by Crippen LogP contribution is 2.34. The molecule has 2 aliphatic heterocycles. The second-order valence-electron chi connectivity index (χ2n) is 8.35. The van der Waals surface area contributed by atoms with Gasteiger partial charge in [-0.15, -0.1) is 0 Å². The lowest BCUT2D eigenvalue weighted by molar-refractivity contribution is -0.119. The topological polar surface area (TPSA) is 80.2 Å². The van der Waals surface area contributed by atoms with Crippen LogP contribution in [0, 0.1) is 6.92 Å². The van der Waals surface area contributed by atoms with E-state index < -0.39 is 0 Å². The number of anilines is 1. The summed E-state index contributed by atoms with van der Waals surface area (Å²) in [6.07, 6.45) is 6.13. The van der Waals surface area contributed by atoms with Crippen LogP contribution in [0.1, 0.15) is 36.8 Å². The van der Waals surface area contributed by atoms with Crippen LogP contribution in [0.5, 0.6) is 11.5 Å². The molecule has 5 rings (SSSR count). The van der Waals surface area contributed by atoms with Crippen molar-refractivity contribution in [2.75, 3.05) is 17.4 Å². The molecule has 0 atom stereocenters. The zero-order chi connectivity index (χ0) is 22.8. The van der Waals surface area contributed by atoms with Gasteiger partial charge in [0.2, 0.25) is 12.7 Å². The van der Waals surface area contributed by atoms with Crippen molar-refractivity contribution in [2.45, 2.75) is 38.6 Å². The fourth-order valence-corrected chi connectivity index (χ4v) is 4.97. The number of rotatable bonds is 5. The van der Waals surface area contributed by atoms with Gasteiger partial charge in [0.1, 0.15) is 5.70 Å². The van der Waals surface area contributed by atoms with Crippen LogP contribution < -0.4 is 19.7 Å². The molecule has 0 spiro atoms. The normalized spacial score (nSPS) is 18.8. The molecule has 2 aromatic carbocycles. The number of nitrogens with zero attached hydrogens (tertiary/aromatic N) is 2. The number of ether oxygens (including phenoxy) is 2. The molecule has 0 radical (unpaired) electrons. The van der Waals surface area contributed by atoms with E-state index in [1.165, 1.54) is 11.8 Å². The molecule has 0 saturated heterocycles. The molecular weight excluding hydrogens is 438 g/mol. The summed E-state index contributed by atoms with van der Waals surface area (Å²) in [5.74, 6) is 1.29. The molecule has 170 valence electrons. The molecule has 1 fully saturated rings. The number of fused-ring (bicyclic) bond motifs is 1. The van der Waals surface area contributed by atoms with E-state index in [2.05, 4.69) is 10.3 Å². The number of nitrogens with one attached hydrogen (secondary N) is 1. The molecule has 0 bridgehead atoms. The molecule has 2 aromatic rings. The number of carbonyl (C=O) groups excluding carboxylic acids is 2. The minimum absolute atomic E-state index is 0.0286. The predicted octanol–water partition coefficient (Wildman–Crippen LogP) is 4.26. The van der Waals surface area contributed by atoms with Crippen molar-refractivity contribution < 1.29 is 19.1 Å². The second kappa shape index (κ2) is 9.31. The first kappa shape index (κ1) is 21.6. The van der Waals surface area contributed by atoms with Gasteiger partial charge in [-0.1, -0.05) is 48.4 Å². The maximum atomic E-state index is 13.3. The highest BCUT2D eigenvalue weighted by atomic mass is 32.2. The highest BCUT2D eigenvalue weighted by molar-refractivity contribution is 8.14. The van der Waals surface area contributed by atoms with Crippen LogP contribution in [-0.4, -0.2) is 35.6 Å². The van der Waals surface area contributed by atoms with Gasteiger partial charge in [0.15, 0.2) is 16.7 Å². The Labute approximate surface area is 196 Å². The predicted molar refractivity (Wildman–Crippen MR) is 129 cm³/mol. The maximum absolute atomic E-state index is 13.3. The third-order valence-corrected chi connectivity index (χ3v) is 6.81. The van der Waals surface area contributed by atoms with Gasteiger partial charge in [-0.05, 0) is 55.7 Å². The fraction of sp³-hybridized carbons (Fsp3) is 0.320. The summed E-state index contributed by atoms with van der Waals surface area (Å²) in [5.41, 5.74) is 2.93. The number of hydrogen-bond acceptors (Lipinski definition) is 6. The Bertz CT molecular complexity index is 1140. The van der Waals surface area contributed by atoms with E-state index in [1.807, 2.05) is 49.4 Å². The van der Waals surface area contributed by atoms with Gasteiger partial charge in [0.05, 0.1) is 11.4 Å². The minimum Gasteiger partial charge on any atom is -0.454 e. The highest BCUT2D eigenvalue weighted by Gasteiger charge is 2.32. The number of benzene rings is 2. The Morgan fingerprint density at radius 3 is 2.70 bits per heavy atom. The molecule has 3 aliphatic rings. The first-order chi connectivity index (χ1) is 16.1. The van der Waals surface area contributed by atoms with Crippen LogP contribution in [-0.2, 0) is 9.59 Å². The van der Waals surface area contributed by atoms with Crippen LogP contribution in [0.15, 0.2) is 53.2 Å². The molecule has 0 unspecified atom stereocenters. The summed E-state index contributed by atoms with van der Waals surface area (Å²) in [6.45, 7) is 2.19. The van der Waals surface area contributed by atoms with Crippen LogP contribution in [0.25, 0.3) is 6.08 Å². The van der Waals surface area contributed by atoms with Gasteiger partial charge in [-0.3, -0.25) is 14.5 Å². The lowest BCUT2D eigenvalue weighted by Gasteiger charge is -2.18. The monoisotopic (exact) mass is 463 g/mol. The Kier molecular flexibility index (Phi) is 6.09. The SMILES string of the molecule is Cc1ccc(N2C(=O)C(=Cc3ccc4c(c3)OCO4)N=C2SCC(=O)NC2CCCC2)cc1. The Balaban J connectivity index is 1.38. The van der Waals surface area contributed by atoms with Gasteiger partial charge < -0.3 is 14.8 Å². The molecule has 2 heterocycles. The van der Waals surface area contributed by atoms with Crippen molar-refractivity contribution in [1.82, 2.24) is 5.32 Å². The largest absolute Gasteiger partial charge is 0.454 e. The average Bonchev–Trinajstić information content (AvgIpc) is 3.55. The minimum atomic E-state index is -0.227. The van der Waals surface area contributed by atoms with Crippen LogP contribution >= 0.6 is 11.8 Å². The number of hydrogen-bond donors (Lipinski definition) is 1. The Hall–Kier alpha value is -3.26. The van der Waals surface area contributed by atoms with Crippen molar-refractivity contribution in [3.8, 4) is 11.5 Å². The Morgan fingerprint density at radius 2 is 1.91 bits per heavy atom. The van der Waals surface area contributed by atoms with E-state index in [-0.39, 0.29) is 30.4 Å². The number of aliphatic imine (C=N–C) groups is 1. The first-order valence-electron chi connectivity index (χ1n) is 11.1. The van der Waals surface area contributed by atoms with Gasteiger partial charge in [-0.25, -0.2) is 4.99 Å². The first-order valence-corrected chi connectivity index (χ1v) is 12.1. The van der Waals surface area contributed by atoms with Gasteiger partial charge >= 0.3 is 0 Å². The average molecular weight is 464 g/mol. The van der Waals surface area contributed by atoms with Crippen molar-refractivity contribution >= 4 is 40.5 Å². The lowest BCUT2D eigenvalue weighted by atomic mass is 10.1. The van der Waals surface area contributed by atoms with Crippen molar-refractivity contribution in [1.29, 1.82) is 0 Å². The van der Waals surface area contributed by atoms with E-state index in [1.54, 1.807) is 11.0 Å². The van der Waals surface area contributed by atoms with Crippen LogP contribution in [0.3, 0.4) is 0 Å². The zero-order valence-electron chi connectivity index (χ0n) is 18.4. The third-order valence-electron chi connectivity index (χ3n) is 5.87. The summed E-state index contributed by atoms with van der Waals surface area (Å²) in [4.78, 5) is 32.0. The lowest BCUT2D eigenvalue weighted by Crippen LogP contribution is -2.35. The maximum Gasteiger partial charge on any atom is 0.283 e. The second-order valence-corrected chi connectivity index (χ2v) is 9.29. The number of aryl methyl sites for hydroxylation is 1. The fourth-order valence-electron chi connectivity index (χ4n) is 4.15. The quantitative estimate of drug-likeness (QED) is 0.671. The summed E-state index contributed by atoms with van der Waals surface area (Å²) in [7, 11) is 0. The third kappa shape index (κ3) is 4.75. The van der Waals surface area contributed by atoms with E-state index in [0.717, 1.165) is 42.5 Å². The summed E-state index contributed by atoms with van der Waals surface area (Å²) in [5, 5.41) is 3.59. The van der Waals surface area contributed by atoms with Gasteiger partial charge in [0.25, 0.3) is 5.91 Å². The standard InChI is InChI=1S/C25H25N3O4S/c1-16-6-9-19(10-7-16)28-24(30)20(12-17-8-11-21-22(13-17)32-15-31-21)27-25(28)33-14-23(29)26-18-4-2-3-5-18/h6-13,18H,2-5,14-15H2,1H3,(H,26,29). The smallest absolute Gasteiger partial charge is 0.283 e. The summed E-state index contributed by atoms with van der Waals surface area (Å²) in [6, 6.07) is 13.5. The van der Waals surface area contributed by atoms with Crippen molar-refractivity contribution in [3.05, 3.63) is 59.3 Å². The van der Waals surface area contributed by atoms with E-state index in [0.29, 0.717) is 22.4 Å². The number of amides is 2. The summed E-state index contributed by atoms with van der Waals surface area (Å²) < 4.78 is 10.8. The van der Waals surface area contributed by atoms with Gasteiger partial charge in [-0.2, -0.15) is 0 Å². The number of carbonyl (C=O) groups is 2. The number of amidine groups is 1. The molecule has 0 aromatic heterocycles. The molecule has 7 nitrogen and oxygen atoms in total. The molecule has 2 amide bonds. The molecule has 33 heavy (non-hydrogen) atoms. The van der Waals surface area contributed by atoms with Crippen molar-refractivity contribution in [3.63, 3.8) is 0 Å². The van der Waals surface area contributed by atoms with Crippen LogP contribution in [0.4, 0.5) is 5.69 Å². The van der Waals surface area contributed by atoms with E-state index in [4.69, 9.17) is 9.47 Å². The molecular formula is C25H25N3O4S. The van der Waals surface area contributed by atoms with Crippen molar-refractivity contribution in [2.24, 2.45) is 4.99 Å². The van der Waals surface area contributed by atoms with Gasteiger partial charge in [0, 0.05) is 6.04 Å². The molecule has 1 aliphatic carbocycles. The molecule has 1 saturated carbocycles. The molecule has 8 heteroatoms. The van der Waals surface area contributed by atoms with E-state index in [9.17, 15) is 9.59 Å². The number of thioether (sulfide) groups is 1. The van der Waals surface area contributed by atoms with Crippen LogP contribution in [0.2, 0.25) is 0 Å². The Morgan fingerprint density at radius 1 is 1.15 bits per heavy atom. The zero-order valence-corrected chi connectivity index (χ0v) is 19.2. The summed E-state index contributed by atoms with van der Waals surface area (Å²) >= 11 is 1.28. The van der Waals surface area contributed by atoms with E-state index >= 15 is 0 Å².